The monoisotopic (exact) mass is 487 g/mol. The summed E-state index contributed by atoms with van der Waals surface area (Å²) in [5.41, 5.74) is 20.0. The number of aliphatic carboxylic acids is 4. The summed E-state index contributed by atoms with van der Waals surface area (Å²) in [6, 6.07) is 8.54. The smallest absolute Gasteiger partial charge is 0.320 e. The molecule has 0 spiro atoms. The topological polar surface area (TPSA) is 299 Å². The Morgan fingerprint density at radius 1 is 0.735 bits per heavy atom. The minimum atomic E-state index is -0.968. The van der Waals surface area contributed by atoms with Gasteiger partial charge in [-0.05, 0) is 12.0 Å². The Hall–Kier alpha value is -4.18. The fourth-order valence-corrected chi connectivity index (χ4v) is 1.31. The van der Waals surface area contributed by atoms with Gasteiger partial charge in [0.25, 0.3) is 11.8 Å². The summed E-state index contributed by atoms with van der Waals surface area (Å²) < 4.78 is 0. The lowest BCUT2D eigenvalue weighted by molar-refractivity contribution is -0.139. The van der Waals surface area contributed by atoms with Crippen molar-refractivity contribution in [3.63, 3.8) is 0 Å². The molecule has 1 aromatic rings. The summed E-state index contributed by atoms with van der Waals surface area (Å²) in [6.45, 7) is -0.833. The fraction of sp³-hybridized carbons (Fsp3) is 0.263. The van der Waals surface area contributed by atoms with E-state index in [-0.39, 0.29) is 31.4 Å². The van der Waals surface area contributed by atoms with Crippen LogP contribution in [0.2, 0.25) is 0 Å². The van der Waals surface area contributed by atoms with E-state index < -0.39 is 29.9 Å². The Morgan fingerprint density at radius 3 is 1.26 bits per heavy atom. The third-order valence-electron chi connectivity index (χ3n) is 2.77. The van der Waals surface area contributed by atoms with Gasteiger partial charge in [-0.1, -0.05) is 30.3 Å². The van der Waals surface area contributed by atoms with Crippen LogP contribution in [0.3, 0.4) is 0 Å². The number of carboxylic acid groups (broad SMARTS) is 4. The summed E-state index contributed by atoms with van der Waals surface area (Å²) in [5.74, 6) is -4.52. The van der Waals surface area contributed by atoms with Crippen LogP contribution in [0.4, 0.5) is 0 Å². The Balaban J connectivity index is -0.000000378. The lowest BCUT2D eigenvalue weighted by atomic mass is 10.1. The Morgan fingerprint density at radius 2 is 1.06 bits per heavy atom. The lowest BCUT2D eigenvalue weighted by Gasteiger charge is -2.04. The van der Waals surface area contributed by atoms with Crippen molar-refractivity contribution in [3.8, 4) is 0 Å². The average molecular weight is 487 g/mol. The van der Waals surface area contributed by atoms with E-state index >= 15 is 0 Å². The van der Waals surface area contributed by atoms with Crippen molar-refractivity contribution in [1.82, 2.24) is 5.32 Å². The predicted molar refractivity (Wildman–Crippen MR) is 118 cm³/mol. The van der Waals surface area contributed by atoms with Crippen LogP contribution in [0.5, 0.6) is 0 Å². The van der Waals surface area contributed by atoms with Crippen LogP contribution < -0.4 is 28.3 Å². The van der Waals surface area contributed by atoms with Crippen LogP contribution in [0.25, 0.3) is 0 Å². The standard InChI is InChI=1S/C9H11NO2.C4H3NO2.3C2H5NO2/c10-8(9(11)12)6-7-4-2-1-3-5-7;6-3-1-2-4(7)5-3;3*3-1-2(4)5/h1-5,8H,6,10H2,(H,11,12);1-2H,(H,5,6,7);3*1,3H2,(H,4,5). The van der Waals surface area contributed by atoms with Gasteiger partial charge < -0.3 is 43.4 Å². The van der Waals surface area contributed by atoms with Crippen LogP contribution in [-0.4, -0.2) is 81.8 Å². The molecule has 34 heavy (non-hydrogen) atoms. The molecule has 0 aromatic heterocycles. The molecule has 1 heterocycles. The molecular formula is C19H29N5O10. The van der Waals surface area contributed by atoms with Crippen molar-refractivity contribution in [1.29, 1.82) is 0 Å². The molecule has 0 aliphatic carbocycles. The van der Waals surface area contributed by atoms with Crippen molar-refractivity contribution in [2.24, 2.45) is 22.9 Å². The molecular weight excluding hydrogens is 458 g/mol. The molecule has 0 bridgehead atoms. The van der Waals surface area contributed by atoms with E-state index in [1.165, 1.54) is 12.2 Å². The van der Waals surface area contributed by atoms with Crippen molar-refractivity contribution in [3.05, 3.63) is 48.0 Å². The van der Waals surface area contributed by atoms with E-state index in [0.29, 0.717) is 6.42 Å². The van der Waals surface area contributed by atoms with Gasteiger partial charge in [-0.15, -0.1) is 0 Å². The van der Waals surface area contributed by atoms with E-state index in [9.17, 15) is 28.8 Å². The summed E-state index contributed by atoms with van der Waals surface area (Å²) in [7, 11) is 0. The van der Waals surface area contributed by atoms with Crippen LogP contribution >= 0.6 is 0 Å². The number of carboxylic acids is 4. The highest BCUT2D eigenvalue weighted by Crippen LogP contribution is 2.01. The molecule has 1 aliphatic heterocycles. The maximum Gasteiger partial charge on any atom is 0.320 e. The normalized spacial score (nSPS) is 11.3. The van der Waals surface area contributed by atoms with Crippen LogP contribution in [0.15, 0.2) is 42.5 Å². The molecule has 1 aliphatic rings. The second-order valence-corrected chi connectivity index (χ2v) is 5.61. The van der Waals surface area contributed by atoms with E-state index in [1.54, 1.807) is 0 Å². The van der Waals surface area contributed by atoms with Crippen LogP contribution in [0, 0.1) is 0 Å². The fourth-order valence-electron chi connectivity index (χ4n) is 1.31. The first-order valence-corrected chi connectivity index (χ1v) is 9.11. The number of carbonyl (C=O) groups is 6. The Bertz CT molecular complexity index is 766. The summed E-state index contributed by atoms with van der Waals surface area (Å²) >= 11 is 0. The zero-order valence-electron chi connectivity index (χ0n) is 18.0. The molecule has 15 nitrogen and oxygen atoms in total. The number of benzene rings is 1. The zero-order chi connectivity index (χ0) is 27.1. The highest BCUT2D eigenvalue weighted by Gasteiger charge is 2.11. The van der Waals surface area contributed by atoms with E-state index in [1.807, 2.05) is 35.6 Å². The van der Waals surface area contributed by atoms with Crippen molar-refractivity contribution >= 4 is 35.7 Å². The van der Waals surface area contributed by atoms with Crippen molar-refractivity contribution in [2.75, 3.05) is 19.6 Å². The van der Waals surface area contributed by atoms with Gasteiger partial charge in [0.15, 0.2) is 0 Å². The quantitative estimate of drug-likeness (QED) is 0.180. The number of hydrogen-bond donors (Lipinski definition) is 9. The first-order chi connectivity index (χ1) is 15.8. The summed E-state index contributed by atoms with van der Waals surface area (Å²) in [4.78, 5) is 58.2. The van der Waals surface area contributed by atoms with Crippen molar-refractivity contribution < 1.29 is 49.2 Å². The predicted octanol–water partition coefficient (Wildman–Crippen LogP) is -3.07. The minimum Gasteiger partial charge on any atom is -0.480 e. The van der Waals surface area contributed by atoms with Gasteiger partial charge in [0.2, 0.25) is 0 Å². The Labute approximate surface area is 194 Å². The van der Waals surface area contributed by atoms with Gasteiger partial charge in [0.1, 0.15) is 6.04 Å². The van der Waals surface area contributed by atoms with Gasteiger partial charge in [0, 0.05) is 12.2 Å². The Kier molecular flexibility index (Phi) is 22.3. The number of carbonyl (C=O) groups excluding carboxylic acids is 2. The number of amides is 2. The molecule has 15 heteroatoms. The maximum atomic E-state index is 10.4. The zero-order valence-corrected chi connectivity index (χ0v) is 18.0. The number of nitrogens with one attached hydrogen (secondary N) is 1. The van der Waals surface area contributed by atoms with E-state index in [2.05, 4.69) is 17.2 Å². The first kappa shape index (κ1) is 34.4. The van der Waals surface area contributed by atoms with Gasteiger partial charge in [-0.25, -0.2) is 0 Å². The molecule has 0 fully saturated rings. The van der Waals surface area contributed by atoms with Crippen LogP contribution in [-0.2, 0) is 35.2 Å². The third kappa shape index (κ3) is 27.8. The number of rotatable bonds is 6. The number of hydrogen-bond acceptors (Lipinski definition) is 10. The molecule has 1 atom stereocenters. The number of imide groups is 1. The molecule has 13 N–H and O–H groups in total. The summed E-state index contributed by atoms with van der Waals surface area (Å²) in [5, 5.41) is 33.3. The second kappa shape index (κ2) is 22.0. The maximum absolute atomic E-state index is 10.4. The molecule has 190 valence electrons. The summed E-state index contributed by atoms with van der Waals surface area (Å²) in [6.07, 6.45) is 2.78. The first-order valence-electron chi connectivity index (χ1n) is 9.11. The molecule has 2 amide bonds. The van der Waals surface area contributed by atoms with E-state index in [4.69, 9.17) is 26.2 Å². The SMILES string of the molecule is NC(Cc1ccccc1)C(=O)O.NCC(=O)O.NCC(=O)O.NCC(=O)O.O=C1C=CC(=O)N1. The third-order valence-corrected chi connectivity index (χ3v) is 2.77. The molecule has 2 rings (SSSR count). The van der Waals surface area contributed by atoms with Gasteiger partial charge >= 0.3 is 23.9 Å². The molecule has 1 aromatic carbocycles. The molecule has 0 saturated heterocycles. The highest BCUT2D eigenvalue weighted by molar-refractivity contribution is 6.12. The molecule has 0 saturated carbocycles. The molecule has 0 radical (unpaired) electrons. The minimum absolute atomic E-state index is 0.278. The highest BCUT2D eigenvalue weighted by atomic mass is 16.4. The van der Waals surface area contributed by atoms with Crippen molar-refractivity contribution in [2.45, 2.75) is 12.5 Å². The lowest BCUT2D eigenvalue weighted by Crippen LogP contribution is -2.32. The second-order valence-electron chi connectivity index (χ2n) is 5.61. The van der Waals surface area contributed by atoms with Crippen LogP contribution in [0.1, 0.15) is 5.56 Å². The van der Waals surface area contributed by atoms with Gasteiger partial charge in [-0.3, -0.25) is 34.1 Å². The van der Waals surface area contributed by atoms with E-state index in [0.717, 1.165) is 5.56 Å². The average Bonchev–Trinajstić information content (AvgIpc) is 3.18. The molecule has 1 unspecified atom stereocenters. The van der Waals surface area contributed by atoms with Gasteiger partial charge in [-0.2, -0.15) is 0 Å². The number of nitrogens with two attached hydrogens (primary N) is 4. The van der Waals surface area contributed by atoms with Gasteiger partial charge in [0.05, 0.1) is 19.6 Å². The largest absolute Gasteiger partial charge is 0.480 e.